The van der Waals surface area contributed by atoms with Gasteiger partial charge in [0, 0.05) is 17.5 Å². The molecule has 18 heavy (non-hydrogen) atoms. The molecule has 0 atom stereocenters. The molecule has 92 valence electrons. The van der Waals surface area contributed by atoms with E-state index in [0.717, 1.165) is 11.3 Å². The van der Waals surface area contributed by atoms with Crippen LogP contribution < -0.4 is 5.32 Å². The van der Waals surface area contributed by atoms with E-state index in [2.05, 4.69) is 10.3 Å². The van der Waals surface area contributed by atoms with Crippen molar-refractivity contribution in [2.24, 2.45) is 0 Å². The summed E-state index contributed by atoms with van der Waals surface area (Å²) in [5.74, 6) is 0.805. The largest absolute Gasteiger partial charge is 0.321 e. The van der Waals surface area contributed by atoms with Gasteiger partial charge in [-0.3, -0.25) is 9.78 Å². The molecule has 0 fully saturated rings. The van der Waals surface area contributed by atoms with Crippen LogP contribution in [0.1, 0.15) is 15.9 Å². The predicted octanol–water partition coefficient (Wildman–Crippen LogP) is 3.20. The first-order valence-corrected chi connectivity index (χ1v) is 6.98. The Morgan fingerprint density at radius 3 is 2.94 bits per heavy atom. The normalized spacial score (nSPS) is 10.1. The van der Waals surface area contributed by atoms with E-state index >= 15 is 0 Å². The van der Waals surface area contributed by atoms with Gasteiger partial charge in [0.05, 0.1) is 11.9 Å². The first-order chi connectivity index (χ1) is 8.79. The number of carbonyl (C=O) groups excluding carboxylic acids is 1. The fourth-order valence-corrected chi connectivity index (χ4v) is 2.12. The van der Waals surface area contributed by atoms with Crippen LogP contribution in [0.15, 0.2) is 48.8 Å². The molecule has 1 heterocycles. The Labute approximate surface area is 111 Å². The highest BCUT2D eigenvalue weighted by Gasteiger charge is 2.06. The molecule has 1 N–H and O–H groups in total. The lowest BCUT2D eigenvalue weighted by Crippen LogP contribution is -2.12. The van der Waals surface area contributed by atoms with Crippen molar-refractivity contribution < 1.29 is 4.79 Å². The Morgan fingerprint density at radius 2 is 2.22 bits per heavy atom. The number of aromatic nitrogens is 1. The standard InChI is InChI=1S/C14H14N2OS/c1-18-10-11-4-2-5-12(8-11)14(17)16-13-6-3-7-15-9-13/h2-9H,10H2,1H3,(H,16,17). The van der Waals surface area contributed by atoms with Crippen molar-refractivity contribution in [1.29, 1.82) is 0 Å². The maximum absolute atomic E-state index is 12.0. The first kappa shape index (κ1) is 12.6. The van der Waals surface area contributed by atoms with Crippen molar-refractivity contribution in [2.75, 3.05) is 11.6 Å². The molecule has 0 spiro atoms. The molecular formula is C14H14N2OS. The van der Waals surface area contributed by atoms with Crippen LogP contribution in [0, 0.1) is 0 Å². The van der Waals surface area contributed by atoms with Gasteiger partial charge in [-0.2, -0.15) is 11.8 Å². The van der Waals surface area contributed by atoms with Gasteiger partial charge >= 0.3 is 0 Å². The minimum Gasteiger partial charge on any atom is -0.321 e. The molecule has 0 saturated heterocycles. The number of pyridine rings is 1. The number of benzene rings is 1. The van der Waals surface area contributed by atoms with Crippen LogP contribution in [0.4, 0.5) is 5.69 Å². The van der Waals surface area contributed by atoms with Crippen LogP contribution in [0.3, 0.4) is 0 Å². The third kappa shape index (κ3) is 3.34. The van der Waals surface area contributed by atoms with E-state index < -0.39 is 0 Å². The second kappa shape index (κ2) is 6.21. The van der Waals surface area contributed by atoms with Crippen molar-refractivity contribution in [3.63, 3.8) is 0 Å². The third-order valence-electron chi connectivity index (χ3n) is 2.42. The summed E-state index contributed by atoms with van der Waals surface area (Å²) in [4.78, 5) is 16.0. The molecule has 0 aliphatic heterocycles. The molecule has 0 aliphatic rings. The van der Waals surface area contributed by atoms with Gasteiger partial charge < -0.3 is 5.32 Å². The van der Waals surface area contributed by atoms with Crippen LogP contribution in [0.2, 0.25) is 0 Å². The number of thioether (sulfide) groups is 1. The quantitative estimate of drug-likeness (QED) is 0.915. The summed E-state index contributed by atoms with van der Waals surface area (Å²) in [6, 6.07) is 11.3. The summed E-state index contributed by atoms with van der Waals surface area (Å²) in [6.45, 7) is 0. The summed E-state index contributed by atoms with van der Waals surface area (Å²) < 4.78 is 0. The minimum absolute atomic E-state index is 0.106. The van der Waals surface area contributed by atoms with E-state index in [1.165, 1.54) is 0 Å². The molecule has 0 bridgehead atoms. The zero-order chi connectivity index (χ0) is 12.8. The molecular weight excluding hydrogens is 244 g/mol. The zero-order valence-electron chi connectivity index (χ0n) is 10.1. The Morgan fingerprint density at radius 1 is 1.33 bits per heavy atom. The molecule has 0 unspecified atom stereocenters. The highest BCUT2D eigenvalue weighted by atomic mass is 32.2. The highest BCUT2D eigenvalue weighted by Crippen LogP contribution is 2.13. The number of rotatable bonds is 4. The van der Waals surface area contributed by atoms with Gasteiger partial charge in [0.15, 0.2) is 0 Å². The van der Waals surface area contributed by atoms with Gasteiger partial charge in [0.25, 0.3) is 5.91 Å². The molecule has 1 aromatic heterocycles. The van der Waals surface area contributed by atoms with Crippen LogP contribution in [-0.4, -0.2) is 17.1 Å². The molecule has 0 aliphatic carbocycles. The summed E-state index contributed by atoms with van der Waals surface area (Å²) in [7, 11) is 0. The predicted molar refractivity (Wildman–Crippen MR) is 75.9 cm³/mol. The molecule has 1 amide bonds. The lowest BCUT2D eigenvalue weighted by Gasteiger charge is -2.06. The van der Waals surface area contributed by atoms with Crippen molar-refractivity contribution in [3.05, 3.63) is 59.9 Å². The van der Waals surface area contributed by atoms with E-state index in [0.29, 0.717) is 11.3 Å². The van der Waals surface area contributed by atoms with Crippen LogP contribution in [0.5, 0.6) is 0 Å². The van der Waals surface area contributed by atoms with Crippen molar-refractivity contribution in [3.8, 4) is 0 Å². The lowest BCUT2D eigenvalue weighted by atomic mass is 10.1. The molecule has 3 nitrogen and oxygen atoms in total. The van der Waals surface area contributed by atoms with Crippen LogP contribution >= 0.6 is 11.8 Å². The Hall–Kier alpha value is -1.81. The van der Waals surface area contributed by atoms with E-state index in [9.17, 15) is 4.79 Å². The van der Waals surface area contributed by atoms with Gasteiger partial charge in [-0.15, -0.1) is 0 Å². The first-order valence-electron chi connectivity index (χ1n) is 5.59. The number of amides is 1. The number of hydrogen-bond acceptors (Lipinski definition) is 3. The monoisotopic (exact) mass is 258 g/mol. The number of nitrogens with one attached hydrogen (secondary N) is 1. The minimum atomic E-state index is -0.106. The lowest BCUT2D eigenvalue weighted by molar-refractivity contribution is 0.102. The van der Waals surface area contributed by atoms with Gasteiger partial charge in [-0.25, -0.2) is 0 Å². The fourth-order valence-electron chi connectivity index (χ4n) is 1.61. The highest BCUT2D eigenvalue weighted by molar-refractivity contribution is 7.97. The molecule has 4 heteroatoms. The SMILES string of the molecule is CSCc1cccc(C(=O)Nc2cccnc2)c1. The summed E-state index contributed by atoms with van der Waals surface area (Å²) in [5, 5.41) is 2.82. The average Bonchev–Trinajstić information content (AvgIpc) is 2.40. The van der Waals surface area contributed by atoms with Gasteiger partial charge in [-0.05, 0) is 36.1 Å². The second-order valence-electron chi connectivity index (χ2n) is 3.83. The van der Waals surface area contributed by atoms with E-state index in [1.54, 1.807) is 30.2 Å². The van der Waals surface area contributed by atoms with Crippen molar-refractivity contribution in [2.45, 2.75) is 5.75 Å². The Bertz CT molecular complexity index is 528. The van der Waals surface area contributed by atoms with E-state index in [1.807, 2.05) is 36.6 Å². The van der Waals surface area contributed by atoms with Gasteiger partial charge in [0.1, 0.15) is 0 Å². The smallest absolute Gasteiger partial charge is 0.255 e. The average molecular weight is 258 g/mol. The fraction of sp³-hybridized carbons (Fsp3) is 0.143. The maximum Gasteiger partial charge on any atom is 0.255 e. The molecule has 2 rings (SSSR count). The zero-order valence-corrected chi connectivity index (χ0v) is 10.9. The van der Waals surface area contributed by atoms with E-state index in [-0.39, 0.29) is 5.91 Å². The van der Waals surface area contributed by atoms with Crippen LogP contribution in [0.25, 0.3) is 0 Å². The molecule has 0 saturated carbocycles. The maximum atomic E-state index is 12.0. The van der Waals surface area contributed by atoms with Crippen molar-refractivity contribution >= 4 is 23.4 Å². The molecule has 0 radical (unpaired) electrons. The number of nitrogens with zero attached hydrogens (tertiary/aromatic N) is 1. The third-order valence-corrected chi connectivity index (χ3v) is 3.04. The molecule has 2 aromatic rings. The van der Waals surface area contributed by atoms with Crippen LogP contribution in [-0.2, 0) is 5.75 Å². The van der Waals surface area contributed by atoms with Gasteiger partial charge in [-0.1, -0.05) is 12.1 Å². The Kier molecular flexibility index (Phi) is 4.36. The van der Waals surface area contributed by atoms with Gasteiger partial charge in [0.2, 0.25) is 0 Å². The second-order valence-corrected chi connectivity index (χ2v) is 4.70. The van der Waals surface area contributed by atoms with Crippen molar-refractivity contribution in [1.82, 2.24) is 4.98 Å². The summed E-state index contributed by atoms with van der Waals surface area (Å²) in [6.07, 6.45) is 5.35. The topological polar surface area (TPSA) is 42.0 Å². The number of hydrogen-bond donors (Lipinski definition) is 1. The Balaban J connectivity index is 2.11. The van der Waals surface area contributed by atoms with E-state index in [4.69, 9.17) is 0 Å². The summed E-state index contributed by atoms with van der Waals surface area (Å²) in [5.41, 5.74) is 2.53. The summed E-state index contributed by atoms with van der Waals surface area (Å²) >= 11 is 1.74. The molecule has 1 aromatic carbocycles. The number of carbonyl (C=O) groups is 1. The number of anilines is 1.